The molecule has 1 N–H and O–H groups in total. The number of ether oxygens (including phenoxy) is 3. The average Bonchev–Trinajstić information content (AvgIpc) is 3.16. The highest BCUT2D eigenvalue weighted by Gasteiger charge is 2.35. The van der Waals surface area contributed by atoms with E-state index in [2.05, 4.69) is 4.90 Å². The highest BCUT2D eigenvalue weighted by molar-refractivity contribution is 5.97. The van der Waals surface area contributed by atoms with Gasteiger partial charge in [-0.25, -0.2) is 0 Å². The number of methoxy groups -OCH3 is 1. The Labute approximate surface area is 162 Å². The zero-order valence-corrected chi connectivity index (χ0v) is 15.7. The molecular formula is C20H21N2O6-. The van der Waals surface area contributed by atoms with Crippen molar-refractivity contribution in [2.45, 2.75) is 18.9 Å². The Kier molecular flexibility index (Phi) is 4.84. The van der Waals surface area contributed by atoms with Gasteiger partial charge in [-0.05, 0) is 37.2 Å². The normalized spacial score (nSPS) is 17.9. The molecule has 0 spiro atoms. The molecule has 0 amide bonds. The van der Waals surface area contributed by atoms with E-state index in [1.54, 1.807) is 19.2 Å². The fourth-order valence-electron chi connectivity index (χ4n) is 3.87. The van der Waals surface area contributed by atoms with E-state index < -0.39 is 0 Å². The van der Waals surface area contributed by atoms with Crippen LogP contribution in [0.15, 0.2) is 30.3 Å². The summed E-state index contributed by atoms with van der Waals surface area (Å²) in [6.07, 6.45) is 1.02. The first-order valence-electron chi connectivity index (χ1n) is 8.98. The van der Waals surface area contributed by atoms with Crippen LogP contribution in [0.25, 0.3) is 0 Å². The number of likely N-dealkylation sites (N-methyl/N-ethyl adjacent to an activating group) is 1. The molecule has 2 aliphatic heterocycles. The minimum atomic E-state index is -0.248. The molecule has 0 aromatic heterocycles. The van der Waals surface area contributed by atoms with Crippen molar-refractivity contribution in [3.63, 3.8) is 0 Å². The lowest BCUT2D eigenvalue weighted by Crippen LogP contribution is -2.34. The smallest absolute Gasteiger partial charge is 0.231 e. The zero-order valence-electron chi connectivity index (χ0n) is 15.7. The SMILES string of the molecule is COc1c2c(cc3c1C(CC(=O)c1cccc(N([O-])O)c1)N(C)CC3)OCO2. The fraction of sp³-hybridized carbons (Fsp3) is 0.350. The number of ketones is 1. The van der Waals surface area contributed by atoms with E-state index in [4.69, 9.17) is 19.4 Å². The van der Waals surface area contributed by atoms with Gasteiger partial charge in [0, 0.05) is 30.1 Å². The molecule has 148 valence electrons. The Morgan fingerprint density at radius 2 is 2.21 bits per heavy atom. The first-order valence-corrected chi connectivity index (χ1v) is 8.98. The summed E-state index contributed by atoms with van der Waals surface area (Å²) in [6, 6.07) is 7.79. The largest absolute Gasteiger partial charge is 0.733 e. The van der Waals surface area contributed by atoms with E-state index >= 15 is 0 Å². The molecule has 2 heterocycles. The minimum absolute atomic E-state index is 0.0178. The number of anilines is 1. The van der Waals surface area contributed by atoms with Gasteiger partial charge in [-0.3, -0.25) is 14.9 Å². The molecule has 2 aromatic carbocycles. The maximum Gasteiger partial charge on any atom is 0.231 e. The molecular weight excluding hydrogens is 364 g/mol. The van der Waals surface area contributed by atoms with Gasteiger partial charge in [0.2, 0.25) is 12.5 Å². The standard InChI is InChI=1S/C20H21N2O6/c1-21-7-6-13-9-17-19(28-11-27-17)20(26-2)18(13)15(21)10-16(23)12-4-3-5-14(8-12)22(24)25/h3-5,8-9,15,24H,6-7,10-11H2,1-2H3/q-1. The third-order valence-corrected chi connectivity index (χ3v) is 5.31. The van der Waals surface area contributed by atoms with E-state index in [1.165, 1.54) is 12.1 Å². The predicted molar refractivity (Wildman–Crippen MR) is 101 cm³/mol. The second kappa shape index (κ2) is 7.31. The Bertz CT molecular complexity index is 914. The van der Waals surface area contributed by atoms with Gasteiger partial charge in [-0.2, -0.15) is 0 Å². The summed E-state index contributed by atoms with van der Waals surface area (Å²) in [7, 11) is 3.55. The van der Waals surface area contributed by atoms with Crippen molar-refractivity contribution in [3.8, 4) is 17.2 Å². The van der Waals surface area contributed by atoms with E-state index in [0.717, 1.165) is 24.1 Å². The molecule has 28 heavy (non-hydrogen) atoms. The van der Waals surface area contributed by atoms with Crippen molar-refractivity contribution in [1.29, 1.82) is 0 Å². The summed E-state index contributed by atoms with van der Waals surface area (Å²) in [4.78, 5) is 15.1. The van der Waals surface area contributed by atoms with E-state index in [0.29, 0.717) is 22.8 Å². The molecule has 2 aliphatic rings. The van der Waals surface area contributed by atoms with Gasteiger partial charge in [0.15, 0.2) is 17.3 Å². The van der Waals surface area contributed by atoms with Gasteiger partial charge < -0.3 is 24.6 Å². The molecule has 0 saturated carbocycles. The summed E-state index contributed by atoms with van der Waals surface area (Å²) in [6.45, 7) is 0.937. The molecule has 0 bridgehead atoms. The molecule has 0 radical (unpaired) electrons. The van der Waals surface area contributed by atoms with Gasteiger partial charge in [-0.15, -0.1) is 0 Å². The van der Waals surface area contributed by atoms with Crippen LogP contribution in [0, 0.1) is 5.21 Å². The van der Waals surface area contributed by atoms with Crippen molar-refractivity contribution in [1.82, 2.24) is 4.90 Å². The number of hydrogen-bond acceptors (Lipinski definition) is 8. The van der Waals surface area contributed by atoms with Gasteiger partial charge in [0.1, 0.15) is 0 Å². The van der Waals surface area contributed by atoms with Gasteiger partial charge in [0.05, 0.1) is 12.8 Å². The first kappa shape index (κ1) is 18.5. The maximum absolute atomic E-state index is 13.0. The second-order valence-electron chi connectivity index (χ2n) is 6.91. The first-order chi connectivity index (χ1) is 13.5. The number of carbonyl (C=O) groups is 1. The van der Waals surface area contributed by atoms with Crippen LogP contribution in [0.3, 0.4) is 0 Å². The summed E-state index contributed by atoms with van der Waals surface area (Å²) in [5, 5.41) is 20.0. The number of benzene rings is 2. The Morgan fingerprint density at radius 1 is 1.39 bits per heavy atom. The lowest BCUT2D eigenvalue weighted by molar-refractivity contribution is 0.0925. The second-order valence-corrected chi connectivity index (χ2v) is 6.91. The number of Topliss-reactive ketones (excluding diaryl/α,β-unsaturated/α-hetero) is 1. The molecule has 8 nitrogen and oxygen atoms in total. The summed E-state index contributed by atoms with van der Waals surface area (Å²) >= 11 is 0. The van der Waals surface area contributed by atoms with Crippen LogP contribution >= 0.6 is 0 Å². The summed E-state index contributed by atoms with van der Waals surface area (Å²) < 4.78 is 16.7. The Balaban J connectivity index is 1.70. The highest BCUT2D eigenvalue weighted by atomic mass is 16.8. The fourth-order valence-corrected chi connectivity index (χ4v) is 3.87. The third kappa shape index (κ3) is 3.15. The van der Waals surface area contributed by atoms with Crippen molar-refractivity contribution >= 4 is 11.5 Å². The number of nitrogens with zero attached hydrogens (tertiary/aromatic N) is 2. The summed E-state index contributed by atoms with van der Waals surface area (Å²) in [5.41, 5.74) is 2.39. The van der Waals surface area contributed by atoms with Crippen molar-refractivity contribution in [2.24, 2.45) is 0 Å². The van der Waals surface area contributed by atoms with Crippen LogP contribution in [0.1, 0.15) is 33.9 Å². The lowest BCUT2D eigenvalue weighted by atomic mass is 9.87. The lowest BCUT2D eigenvalue weighted by Gasteiger charge is -2.35. The predicted octanol–water partition coefficient (Wildman–Crippen LogP) is 2.92. The topological polar surface area (TPSA) is 94.5 Å². The zero-order chi connectivity index (χ0) is 19.8. The molecule has 4 rings (SSSR count). The number of fused-ring (bicyclic) bond motifs is 2. The van der Waals surface area contributed by atoms with Gasteiger partial charge >= 0.3 is 0 Å². The van der Waals surface area contributed by atoms with Crippen molar-refractivity contribution in [3.05, 3.63) is 52.2 Å². The number of hydrogen-bond donors (Lipinski definition) is 1. The quantitative estimate of drug-likeness (QED) is 0.620. The van der Waals surface area contributed by atoms with E-state index in [-0.39, 0.29) is 36.0 Å². The molecule has 2 aromatic rings. The molecule has 1 unspecified atom stereocenters. The molecule has 0 aliphatic carbocycles. The molecule has 0 saturated heterocycles. The highest BCUT2D eigenvalue weighted by Crippen LogP contribution is 2.50. The van der Waals surface area contributed by atoms with E-state index in [9.17, 15) is 10.0 Å². The van der Waals surface area contributed by atoms with Crippen LogP contribution in [-0.2, 0) is 6.42 Å². The third-order valence-electron chi connectivity index (χ3n) is 5.31. The van der Waals surface area contributed by atoms with Crippen LogP contribution in [0.4, 0.5) is 5.69 Å². The van der Waals surface area contributed by atoms with Gasteiger partial charge in [-0.1, -0.05) is 12.1 Å². The van der Waals surface area contributed by atoms with Crippen molar-refractivity contribution in [2.75, 3.05) is 32.7 Å². The Hall–Kier alpha value is -2.81. The van der Waals surface area contributed by atoms with Crippen LogP contribution in [0.2, 0.25) is 0 Å². The van der Waals surface area contributed by atoms with Crippen molar-refractivity contribution < 1.29 is 24.2 Å². The summed E-state index contributed by atoms with van der Waals surface area (Å²) in [5.74, 6) is 1.70. The molecule has 8 heteroatoms. The average molecular weight is 385 g/mol. The van der Waals surface area contributed by atoms with E-state index in [1.807, 2.05) is 13.1 Å². The molecule has 0 fully saturated rings. The van der Waals surface area contributed by atoms with Crippen LogP contribution in [-0.4, -0.2) is 43.4 Å². The van der Waals surface area contributed by atoms with Gasteiger partial charge in [0.25, 0.3) is 0 Å². The Morgan fingerprint density at radius 3 is 2.96 bits per heavy atom. The number of carbonyl (C=O) groups excluding carboxylic acids is 1. The van der Waals surface area contributed by atoms with Crippen LogP contribution in [0.5, 0.6) is 17.2 Å². The monoisotopic (exact) mass is 385 g/mol. The minimum Gasteiger partial charge on any atom is -0.733 e. The maximum atomic E-state index is 13.0. The number of rotatable bonds is 5. The molecule has 1 atom stereocenters. The van der Waals surface area contributed by atoms with Crippen LogP contribution < -0.4 is 19.4 Å².